The lowest BCUT2D eigenvalue weighted by atomic mass is 9.82. The minimum Gasteiger partial charge on any atom is -0.256 e. The van der Waals surface area contributed by atoms with Gasteiger partial charge in [-0.15, -0.1) is 11.3 Å². The van der Waals surface area contributed by atoms with E-state index in [1.807, 2.05) is 23.7 Å². The van der Waals surface area contributed by atoms with Crippen molar-refractivity contribution < 1.29 is 0 Å². The highest BCUT2D eigenvalue weighted by molar-refractivity contribution is 7.19. The van der Waals surface area contributed by atoms with Crippen molar-refractivity contribution in [3.8, 4) is 22.4 Å². The van der Waals surface area contributed by atoms with Gasteiger partial charge in [0.05, 0.1) is 15.9 Å². The zero-order valence-electron chi connectivity index (χ0n) is 20.0. The van der Waals surface area contributed by atoms with Crippen LogP contribution in [0.5, 0.6) is 0 Å². The van der Waals surface area contributed by atoms with Crippen molar-refractivity contribution in [3.05, 3.63) is 83.5 Å². The molecule has 0 amide bonds. The molecule has 0 N–H and O–H groups in total. The van der Waals surface area contributed by atoms with Crippen molar-refractivity contribution in [2.75, 3.05) is 0 Å². The molecule has 0 aliphatic carbocycles. The van der Waals surface area contributed by atoms with Crippen LogP contribution in [-0.2, 0) is 11.8 Å². The van der Waals surface area contributed by atoms with Gasteiger partial charge in [-0.25, -0.2) is 0 Å². The molecule has 0 unspecified atom stereocenters. The van der Waals surface area contributed by atoms with Crippen LogP contribution in [0.2, 0.25) is 0 Å². The van der Waals surface area contributed by atoms with E-state index in [4.69, 9.17) is 9.97 Å². The Labute approximate surface area is 200 Å². The molecule has 0 aliphatic heterocycles. The molecule has 3 heteroatoms. The van der Waals surface area contributed by atoms with Gasteiger partial charge in [-0.1, -0.05) is 58.9 Å². The van der Waals surface area contributed by atoms with Gasteiger partial charge in [0.25, 0.3) is 0 Å². The predicted molar refractivity (Wildman–Crippen MR) is 143 cm³/mol. The van der Waals surface area contributed by atoms with Gasteiger partial charge >= 0.3 is 0 Å². The number of hydrogen-bond donors (Lipinski definition) is 0. The number of thiophene rings is 1. The molecule has 0 aliphatic rings. The molecule has 0 spiro atoms. The molecule has 3 aromatic heterocycles. The normalized spacial score (nSPS) is 12.2. The molecule has 0 saturated carbocycles. The van der Waals surface area contributed by atoms with E-state index in [-0.39, 0.29) is 5.41 Å². The minimum atomic E-state index is 0.0506. The second kappa shape index (κ2) is 8.39. The Kier molecular flexibility index (Phi) is 5.54. The van der Waals surface area contributed by atoms with Crippen molar-refractivity contribution in [3.63, 3.8) is 0 Å². The molecular formula is C30H30N2S. The van der Waals surface area contributed by atoms with Crippen LogP contribution in [0.15, 0.2) is 73.1 Å². The van der Waals surface area contributed by atoms with Crippen molar-refractivity contribution in [2.24, 2.45) is 5.92 Å². The topological polar surface area (TPSA) is 25.8 Å². The maximum atomic E-state index is 4.77. The molecule has 0 bridgehead atoms. The second-order valence-corrected chi connectivity index (χ2v) is 11.5. The lowest BCUT2D eigenvalue weighted by Gasteiger charge is -2.22. The molecule has 0 atom stereocenters. The highest BCUT2D eigenvalue weighted by Crippen LogP contribution is 2.36. The first-order chi connectivity index (χ1) is 15.8. The van der Waals surface area contributed by atoms with Gasteiger partial charge in [0, 0.05) is 28.4 Å². The molecule has 0 fully saturated rings. The third-order valence-electron chi connectivity index (χ3n) is 6.09. The number of pyridine rings is 2. The summed E-state index contributed by atoms with van der Waals surface area (Å²) in [6.45, 7) is 11.4. The van der Waals surface area contributed by atoms with Gasteiger partial charge in [-0.2, -0.15) is 0 Å². The molecule has 0 radical (unpaired) electrons. The van der Waals surface area contributed by atoms with Crippen LogP contribution in [0.4, 0.5) is 0 Å². The third-order valence-corrected chi connectivity index (χ3v) is 7.18. The average Bonchev–Trinajstić information content (AvgIpc) is 3.18. The molecular weight excluding hydrogens is 420 g/mol. The smallest absolute Gasteiger partial charge is 0.0812 e. The number of benzene rings is 2. The zero-order chi connectivity index (χ0) is 23.2. The van der Waals surface area contributed by atoms with E-state index >= 15 is 0 Å². The summed E-state index contributed by atoms with van der Waals surface area (Å²) in [5, 5.41) is 2.57. The summed E-state index contributed by atoms with van der Waals surface area (Å²) < 4.78 is 1.25. The van der Waals surface area contributed by atoms with Crippen molar-refractivity contribution in [1.29, 1.82) is 0 Å². The van der Waals surface area contributed by atoms with E-state index in [1.165, 1.54) is 25.9 Å². The molecule has 166 valence electrons. The first-order valence-corrected chi connectivity index (χ1v) is 12.5. The predicted octanol–water partition coefficient (Wildman–Crippen LogP) is 8.67. The van der Waals surface area contributed by atoms with E-state index in [0.29, 0.717) is 5.92 Å². The summed E-state index contributed by atoms with van der Waals surface area (Å²) in [7, 11) is 0. The average molecular weight is 451 g/mol. The van der Waals surface area contributed by atoms with E-state index < -0.39 is 0 Å². The fourth-order valence-electron chi connectivity index (χ4n) is 4.48. The first kappa shape index (κ1) is 21.8. The van der Waals surface area contributed by atoms with Crippen LogP contribution in [0.3, 0.4) is 0 Å². The van der Waals surface area contributed by atoms with Gasteiger partial charge < -0.3 is 0 Å². The molecule has 2 nitrogen and oxygen atoms in total. The summed E-state index contributed by atoms with van der Waals surface area (Å²) in [6, 6.07) is 22.0. The summed E-state index contributed by atoms with van der Waals surface area (Å²) in [5.41, 5.74) is 6.94. The van der Waals surface area contributed by atoms with Gasteiger partial charge in [0.15, 0.2) is 0 Å². The highest BCUT2D eigenvalue weighted by atomic mass is 32.1. The van der Waals surface area contributed by atoms with Crippen LogP contribution in [0, 0.1) is 5.92 Å². The molecule has 0 saturated heterocycles. The monoisotopic (exact) mass is 450 g/mol. The van der Waals surface area contributed by atoms with Crippen molar-refractivity contribution in [1.82, 2.24) is 9.97 Å². The molecule has 5 rings (SSSR count). The van der Waals surface area contributed by atoms with Gasteiger partial charge in [0.2, 0.25) is 0 Å². The van der Waals surface area contributed by atoms with Gasteiger partial charge in [-0.05, 0) is 76.1 Å². The molecule has 5 aromatic rings. The lowest BCUT2D eigenvalue weighted by Crippen LogP contribution is -2.12. The number of fused-ring (bicyclic) bond motifs is 2. The van der Waals surface area contributed by atoms with Crippen LogP contribution >= 0.6 is 11.3 Å². The van der Waals surface area contributed by atoms with Crippen LogP contribution in [-0.4, -0.2) is 9.97 Å². The third kappa shape index (κ3) is 4.43. The molecule has 2 aromatic carbocycles. The minimum absolute atomic E-state index is 0.0506. The van der Waals surface area contributed by atoms with Gasteiger partial charge in [-0.3, -0.25) is 9.97 Å². The Bertz CT molecular complexity index is 1450. The lowest BCUT2D eigenvalue weighted by molar-refractivity contribution is 0.596. The van der Waals surface area contributed by atoms with Crippen LogP contribution in [0.25, 0.3) is 43.4 Å². The fraction of sp³-hybridized carbons (Fsp3) is 0.267. The Morgan fingerprint density at radius 3 is 2.45 bits per heavy atom. The summed E-state index contributed by atoms with van der Waals surface area (Å²) in [6.07, 6.45) is 5.02. The largest absolute Gasteiger partial charge is 0.256 e. The highest BCUT2D eigenvalue weighted by Gasteiger charge is 2.18. The number of hydrogen-bond acceptors (Lipinski definition) is 3. The fourth-order valence-corrected chi connectivity index (χ4v) is 5.75. The van der Waals surface area contributed by atoms with Crippen LogP contribution in [0.1, 0.15) is 45.1 Å². The maximum Gasteiger partial charge on any atom is 0.0812 e. The van der Waals surface area contributed by atoms with E-state index in [2.05, 4.69) is 95.3 Å². The number of nitrogens with zero attached hydrogens (tertiary/aromatic N) is 2. The second-order valence-electron chi connectivity index (χ2n) is 10.3. The van der Waals surface area contributed by atoms with Gasteiger partial charge in [0.1, 0.15) is 0 Å². The zero-order valence-corrected chi connectivity index (χ0v) is 20.8. The maximum absolute atomic E-state index is 4.77. The number of aromatic nitrogens is 2. The summed E-state index contributed by atoms with van der Waals surface area (Å²) in [4.78, 5) is 10.9. The Morgan fingerprint density at radius 2 is 1.67 bits per heavy atom. The van der Waals surface area contributed by atoms with E-state index in [9.17, 15) is 0 Å². The Morgan fingerprint density at radius 1 is 0.848 bits per heavy atom. The quantitative estimate of drug-likeness (QED) is 0.274. The van der Waals surface area contributed by atoms with E-state index in [0.717, 1.165) is 34.3 Å². The number of rotatable bonds is 4. The molecule has 3 heterocycles. The van der Waals surface area contributed by atoms with Crippen LogP contribution < -0.4 is 0 Å². The summed E-state index contributed by atoms with van der Waals surface area (Å²) >= 11 is 1.86. The molecule has 33 heavy (non-hydrogen) atoms. The van der Waals surface area contributed by atoms with E-state index in [1.54, 1.807) is 0 Å². The Hall–Kier alpha value is -3.04. The Balaban J connectivity index is 1.58. The first-order valence-electron chi connectivity index (χ1n) is 11.7. The van der Waals surface area contributed by atoms with Crippen molar-refractivity contribution >= 4 is 32.3 Å². The van der Waals surface area contributed by atoms with Crippen molar-refractivity contribution in [2.45, 2.75) is 46.5 Å². The summed E-state index contributed by atoms with van der Waals surface area (Å²) in [5.74, 6) is 0.653. The standard InChI is InChI=1S/C30H30N2S/c1-19(2)12-24-17-28-29(33-24)16-23(18-32-28)20-10-11-31-27(15-20)22-13-21-8-6-7-9-25(21)26(14-22)30(3,4)5/h6-11,13-19H,12H2,1-5H3. The SMILES string of the molecule is CC(C)Cc1cc2ncc(-c3ccnc(-c4cc(C(C)(C)C)c5ccccc5c4)c3)cc2s1.